The van der Waals surface area contributed by atoms with E-state index in [-0.39, 0.29) is 41.8 Å². The zero-order valence-electron chi connectivity index (χ0n) is 29.8. The summed E-state index contributed by atoms with van der Waals surface area (Å²) in [6.07, 6.45) is 10.6. The van der Waals surface area contributed by atoms with Gasteiger partial charge >= 0.3 is 5.97 Å². The average Bonchev–Trinajstić information content (AvgIpc) is 3.24. The van der Waals surface area contributed by atoms with Crippen molar-refractivity contribution in [2.75, 3.05) is 0 Å². The molecule has 50 heavy (non-hydrogen) atoms. The summed E-state index contributed by atoms with van der Waals surface area (Å²) >= 11 is 0. The lowest BCUT2D eigenvalue weighted by molar-refractivity contribution is -0.166. The number of hydrogen-bond acceptors (Lipinski definition) is 6. The van der Waals surface area contributed by atoms with Gasteiger partial charge in [0.05, 0.1) is 11.7 Å². The van der Waals surface area contributed by atoms with Gasteiger partial charge < -0.3 is 20.4 Å². The van der Waals surface area contributed by atoms with Gasteiger partial charge in [-0.1, -0.05) is 76.3 Å². The van der Waals surface area contributed by atoms with Gasteiger partial charge in [0.25, 0.3) is 0 Å². The van der Waals surface area contributed by atoms with Crippen molar-refractivity contribution >= 4 is 23.6 Å². The van der Waals surface area contributed by atoms with Crippen molar-refractivity contribution < 1.29 is 34.8 Å². The molecule has 7 heteroatoms. The zero-order chi connectivity index (χ0) is 36.1. The molecule has 0 amide bonds. The van der Waals surface area contributed by atoms with Gasteiger partial charge in [0.15, 0.2) is 5.78 Å². The quantitative estimate of drug-likeness (QED) is 0.153. The normalized spacial score (nSPS) is 43.0. The summed E-state index contributed by atoms with van der Waals surface area (Å²) in [7, 11) is 0. The fraction of sp³-hybridized carbons (Fsp3) is 0.558. The molecule has 2 saturated carbocycles. The van der Waals surface area contributed by atoms with Crippen molar-refractivity contribution in [3.05, 3.63) is 76.9 Å². The lowest BCUT2D eigenvalue weighted by Gasteiger charge is -2.68. The van der Waals surface area contributed by atoms with Crippen LogP contribution in [0.15, 0.2) is 71.4 Å². The van der Waals surface area contributed by atoms with Crippen LogP contribution in [-0.4, -0.2) is 55.3 Å². The molecule has 6 aliphatic rings. The number of aliphatic hydroxyl groups excluding tert-OH is 1. The van der Waals surface area contributed by atoms with Crippen LogP contribution in [0.4, 0.5) is 0 Å². The minimum Gasteiger partial charge on any atom is -0.478 e. The van der Waals surface area contributed by atoms with Crippen LogP contribution in [0.3, 0.4) is 0 Å². The highest BCUT2D eigenvalue weighted by Gasteiger charge is 2.79. The van der Waals surface area contributed by atoms with Gasteiger partial charge in [0, 0.05) is 59.0 Å². The first-order valence-electron chi connectivity index (χ1n) is 18.2. The fourth-order valence-corrected chi connectivity index (χ4v) is 12.4. The average molecular weight is 679 g/mol. The van der Waals surface area contributed by atoms with Crippen LogP contribution in [0.25, 0.3) is 6.08 Å². The second-order valence-corrected chi connectivity index (χ2v) is 17.1. The van der Waals surface area contributed by atoms with Crippen LogP contribution < -0.4 is 0 Å². The van der Waals surface area contributed by atoms with Gasteiger partial charge in [-0.15, -0.1) is 11.8 Å². The number of aliphatic hydroxyl groups is 3. The molecule has 1 aromatic rings. The first-order chi connectivity index (χ1) is 23.5. The van der Waals surface area contributed by atoms with Crippen molar-refractivity contribution in [2.24, 2.45) is 45.3 Å². The summed E-state index contributed by atoms with van der Waals surface area (Å²) in [5.74, 6) is 4.27. The molecule has 0 radical (unpaired) electrons. The molecule has 6 aliphatic carbocycles. The van der Waals surface area contributed by atoms with Gasteiger partial charge in [-0.2, -0.15) is 0 Å². The second-order valence-electron chi connectivity index (χ2n) is 17.1. The summed E-state index contributed by atoms with van der Waals surface area (Å²) in [5.41, 5.74) is -4.36. The lowest BCUT2D eigenvalue weighted by Crippen LogP contribution is -2.70. The molecule has 2 fully saturated rings. The van der Waals surface area contributed by atoms with E-state index in [1.807, 2.05) is 56.3 Å². The predicted molar refractivity (Wildman–Crippen MR) is 190 cm³/mol. The molecule has 264 valence electrons. The summed E-state index contributed by atoms with van der Waals surface area (Å²) < 4.78 is 0. The third-order valence-corrected chi connectivity index (χ3v) is 14.5. The third-order valence-electron chi connectivity index (χ3n) is 14.5. The van der Waals surface area contributed by atoms with Gasteiger partial charge in [-0.05, 0) is 79.1 Å². The smallest absolute Gasteiger partial charge is 0.331 e. The van der Waals surface area contributed by atoms with Crippen LogP contribution in [0.2, 0.25) is 0 Å². The molecule has 0 unspecified atom stereocenters. The number of carboxylic acid groups (broad SMARTS) is 1. The Morgan fingerprint density at radius 1 is 1.04 bits per heavy atom. The van der Waals surface area contributed by atoms with Crippen molar-refractivity contribution in [1.29, 1.82) is 0 Å². The van der Waals surface area contributed by atoms with E-state index < -0.39 is 56.8 Å². The van der Waals surface area contributed by atoms with E-state index in [9.17, 15) is 30.0 Å². The number of benzene rings is 1. The van der Waals surface area contributed by atoms with Gasteiger partial charge in [-0.3, -0.25) is 9.59 Å². The Kier molecular flexibility index (Phi) is 8.00. The van der Waals surface area contributed by atoms with E-state index in [1.165, 1.54) is 13.0 Å². The predicted octanol–water partition coefficient (Wildman–Crippen LogP) is 6.24. The van der Waals surface area contributed by atoms with Crippen LogP contribution in [0.1, 0.15) is 91.5 Å². The van der Waals surface area contributed by atoms with Gasteiger partial charge in [0.2, 0.25) is 0 Å². The van der Waals surface area contributed by atoms with Crippen molar-refractivity contribution in [3.63, 3.8) is 0 Å². The van der Waals surface area contributed by atoms with Gasteiger partial charge in [0.1, 0.15) is 11.4 Å². The van der Waals surface area contributed by atoms with Crippen LogP contribution in [-0.2, 0) is 14.4 Å². The van der Waals surface area contributed by atoms with E-state index in [4.69, 9.17) is 0 Å². The van der Waals surface area contributed by atoms with Crippen molar-refractivity contribution in [3.8, 4) is 11.8 Å². The molecule has 0 heterocycles. The van der Waals surface area contributed by atoms with Crippen molar-refractivity contribution in [2.45, 2.75) is 103 Å². The molecule has 0 saturated heterocycles. The zero-order valence-corrected chi connectivity index (χ0v) is 29.8. The highest BCUT2D eigenvalue weighted by Crippen LogP contribution is 2.79. The maximum absolute atomic E-state index is 15.1. The number of carboxylic acids is 1. The van der Waals surface area contributed by atoms with E-state index >= 15 is 4.79 Å². The Balaban J connectivity index is 1.48. The minimum atomic E-state index is -1.66. The number of ketones is 2. The molecule has 1 spiro atoms. The number of allylic oxidation sites excluding steroid dienone is 1. The van der Waals surface area contributed by atoms with Gasteiger partial charge in [-0.25, -0.2) is 4.79 Å². The number of carbonyl (C=O) groups is 3. The molecule has 7 rings (SSSR count). The first kappa shape index (κ1) is 34.9. The highest BCUT2D eigenvalue weighted by molar-refractivity contribution is 6.02. The Labute approximate surface area is 295 Å². The van der Waals surface area contributed by atoms with Crippen LogP contribution in [0, 0.1) is 57.2 Å². The molecule has 4 bridgehead atoms. The molecule has 1 aromatic carbocycles. The Hall–Kier alpha value is -3.57. The summed E-state index contributed by atoms with van der Waals surface area (Å²) in [4.78, 5) is 40.7. The van der Waals surface area contributed by atoms with Crippen LogP contribution in [0.5, 0.6) is 0 Å². The van der Waals surface area contributed by atoms with E-state index in [0.717, 1.165) is 5.56 Å². The number of fused-ring (bicyclic) bond motifs is 1. The fourth-order valence-electron chi connectivity index (χ4n) is 12.4. The molecular weight excluding hydrogens is 628 g/mol. The number of carbonyl (C=O) groups excluding carboxylic acids is 2. The Morgan fingerprint density at radius 2 is 1.76 bits per heavy atom. The standard InChI is InChI=1S/C43H50O7/c1-26(22-29(44)23-27(2)37(47)48)31-24-41(49)20-21-42(50)30(15-14-28-12-8-6-9-13-28)35-38(3)17-10-7-11-18-43(41)36(42)34(32(45)25-40(31,43)5)39(35,4)19-16-33(38)46/h6,8-9,12-15,20-21,23,26,29-31,35,44,49-50H,11,16-19,22,24-25H2,1-5H3,(H,47,48)/b15-14+,27-23+/t26-,29+,30+,31-,35-,38-,39-,40-,41+,42-,43+/m1/s1. The largest absolute Gasteiger partial charge is 0.478 e. The first-order valence-corrected chi connectivity index (χ1v) is 18.2. The molecule has 7 nitrogen and oxygen atoms in total. The van der Waals surface area contributed by atoms with Crippen molar-refractivity contribution in [1.82, 2.24) is 0 Å². The maximum atomic E-state index is 15.1. The summed E-state index contributed by atoms with van der Waals surface area (Å²) in [5, 5.41) is 47.1. The number of rotatable bonds is 7. The highest BCUT2D eigenvalue weighted by atomic mass is 16.4. The Morgan fingerprint density at radius 3 is 2.46 bits per heavy atom. The van der Waals surface area contributed by atoms with E-state index in [0.29, 0.717) is 49.7 Å². The molecule has 4 N–H and O–H groups in total. The molecular formula is C43H50O7. The molecule has 0 aromatic heterocycles. The monoisotopic (exact) mass is 678 g/mol. The summed E-state index contributed by atoms with van der Waals surface area (Å²) in [6.45, 7) is 9.65. The number of aliphatic carboxylic acids is 1. The topological polar surface area (TPSA) is 132 Å². The second kappa shape index (κ2) is 11.5. The number of Topliss-reactive ketones (excluding diaryl/α,β-unsaturated/α-hetero) is 2. The van der Waals surface area contributed by atoms with E-state index in [1.54, 1.807) is 12.2 Å². The van der Waals surface area contributed by atoms with E-state index in [2.05, 4.69) is 25.7 Å². The molecule has 11 atom stereocenters. The maximum Gasteiger partial charge on any atom is 0.331 e. The van der Waals surface area contributed by atoms with Crippen LogP contribution >= 0.6 is 0 Å². The number of hydrogen-bond donors (Lipinski definition) is 4. The third kappa shape index (κ3) is 4.50. The summed E-state index contributed by atoms with van der Waals surface area (Å²) in [6, 6.07) is 9.88. The Bertz CT molecular complexity index is 1840. The lowest BCUT2D eigenvalue weighted by atomic mass is 9.35. The minimum absolute atomic E-state index is 0.0367. The SMILES string of the molecule is C/C(=C\[C@@H](O)C[C@@H](C)[C@H]1C[C@@]2(O)C=C[C@]3(O)C4=C5C(=O)C[C@@]1(C)[C@]42CCC#CC[C@]1(C)C(=O)CC[C@@]5(C)[C@@H]1[C@@H]3/C=C/c1ccccc1)C(=O)O. The molecule has 0 aliphatic heterocycles.